The van der Waals surface area contributed by atoms with Crippen molar-refractivity contribution in [2.24, 2.45) is 0 Å². The lowest BCUT2D eigenvalue weighted by atomic mass is 10.2. The van der Waals surface area contributed by atoms with Gasteiger partial charge in [0.1, 0.15) is 5.82 Å². The molecule has 0 fully saturated rings. The molecule has 2 N–H and O–H groups in total. The van der Waals surface area contributed by atoms with E-state index in [1.54, 1.807) is 17.7 Å². The third-order valence-electron chi connectivity index (χ3n) is 5.15. The van der Waals surface area contributed by atoms with Crippen LogP contribution in [0.4, 0.5) is 11.5 Å². The number of carbonyl (C=O) groups is 2. The van der Waals surface area contributed by atoms with Crippen molar-refractivity contribution in [2.45, 2.75) is 33.7 Å². The molecule has 2 amide bonds. The summed E-state index contributed by atoms with van der Waals surface area (Å²) < 4.78 is 3.49. The van der Waals surface area contributed by atoms with Crippen molar-refractivity contribution in [1.29, 1.82) is 0 Å². The second kappa shape index (κ2) is 9.52. The molecule has 0 unspecified atom stereocenters. The number of para-hydroxylation sites is 1. The van der Waals surface area contributed by atoms with E-state index in [1.807, 2.05) is 79.2 Å². The van der Waals surface area contributed by atoms with Crippen LogP contribution in [0.1, 0.15) is 40.8 Å². The average molecular weight is 443 g/mol. The fourth-order valence-corrected chi connectivity index (χ4v) is 3.53. The highest BCUT2D eigenvalue weighted by Crippen LogP contribution is 2.19. The minimum absolute atomic E-state index is 0.157. The molecule has 8 nitrogen and oxygen atoms in total. The molecule has 0 atom stereocenters. The van der Waals surface area contributed by atoms with Crippen LogP contribution in [0.25, 0.3) is 5.69 Å². The van der Waals surface area contributed by atoms with E-state index in [9.17, 15) is 9.59 Å². The zero-order chi connectivity index (χ0) is 23.4. The van der Waals surface area contributed by atoms with Gasteiger partial charge < -0.3 is 10.6 Å². The Kier molecular flexibility index (Phi) is 6.35. The number of hydrogen-bond acceptors (Lipinski definition) is 4. The molecule has 0 aliphatic heterocycles. The molecule has 0 saturated carbocycles. The second-order valence-electron chi connectivity index (χ2n) is 7.80. The Bertz CT molecular complexity index is 1290. The molecule has 0 radical (unpaired) electrons. The number of nitrogens with zero attached hydrogens (tertiary/aromatic N) is 4. The Balaban J connectivity index is 1.56. The monoisotopic (exact) mass is 442 g/mol. The van der Waals surface area contributed by atoms with Crippen LogP contribution in [-0.2, 0) is 11.3 Å². The third kappa shape index (κ3) is 5.17. The van der Waals surface area contributed by atoms with E-state index < -0.39 is 0 Å². The van der Waals surface area contributed by atoms with Gasteiger partial charge in [-0.1, -0.05) is 37.3 Å². The van der Waals surface area contributed by atoms with Crippen LogP contribution in [0.2, 0.25) is 0 Å². The van der Waals surface area contributed by atoms with E-state index in [4.69, 9.17) is 0 Å². The van der Waals surface area contributed by atoms with Gasteiger partial charge in [-0.25, -0.2) is 4.68 Å². The molecule has 0 aliphatic rings. The molecule has 0 saturated heterocycles. The first-order valence-electron chi connectivity index (χ1n) is 10.8. The SMILES string of the molecule is CCC(=O)Nc1cc(C(=O)Nc2cccc(Cn3nc(C)cc3C)c2)nn1-c1ccccc1. The van der Waals surface area contributed by atoms with Gasteiger partial charge in [-0.2, -0.15) is 10.2 Å². The Morgan fingerprint density at radius 2 is 1.70 bits per heavy atom. The summed E-state index contributed by atoms with van der Waals surface area (Å²) in [6, 6.07) is 20.6. The average Bonchev–Trinajstić information content (AvgIpc) is 3.37. The van der Waals surface area contributed by atoms with E-state index in [0.717, 1.165) is 22.6 Å². The second-order valence-corrected chi connectivity index (χ2v) is 7.80. The lowest BCUT2D eigenvalue weighted by Crippen LogP contribution is -2.14. The number of hydrogen-bond donors (Lipinski definition) is 2. The Morgan fingerprint density at radius 1 is 0.909 bits per heavy atom. The van der Waals surface area contributed by atoms with Crippen molar-refractivity contribution in [3.05, 3.63) is 89.4 Å². The zero-order valence-corrected chi connectivity index (χ0v) is 18.9. The van der Waals surface area contributed by atoms with E-state index in [-0.39, 0.29) is 17.5 Å². The van der Waals surface area contributed by atoms with Gasteiger partial charge >= 0.3 is 0 Å². The molecule has 33 heavy (non-hydrogen) atoms. The minimum atomic E-state index is -0.361. The van der Waals surface area contributed by atoms with Crippen molar-refractivity contribution in [3.63, 3.8) is 0 Å². The predicted octanol–water partition coefficient (Wildman–Crippen LogP) is 4.33. The summed E-state index contributed by atoms with van der Waals surface area (Å²) in [4.78, 5) is 25.0. The first kappa shape index (κ1) is 22.0. The van der Waals surface area contributed by atoms with Crippen molar-refractivity contribution in [3.8, 4) is 5.69 Å². The molecular formula is C25H26N6O2. The summed E-state index contributed by atoms with van der Waals surface area (Å²) in [5, 5.41) is 14.7. The number of rotatable bonds is 7. The number of aromatic nitrogens is 4. The summed E-state index contributed by atoms with van der Waals surface area (Å²) in [5.41, 5.74) is 4.67. The molecule has 0 bridgehead atoms. The molecular weight excluding hydrogens is 416 g/mol. The van der Waals surface area contributed by atoms with Crippen LogP contribution < -0.4 is 10.6 Å². The van der Waals surface area contributed by atoms with Gasteiger partial charge in [0.2, 0.25) is 5.91 Å². The number of nitrogens with one attached hydrogen (secondary N) is 2. The van der Waals surface area contributed by atoms with E-state index in [0.29, 0.717) is 24.5 Å². The molecule has 168 valence electrons. The van der Waals surface area contributed by atoms with Gasteiger partial charge in [-0.05, 0) is 49.7 Å². The van der Waals surface area contributed by atoms with Gasteiger partial charge in [0.25, 0.3) is 5.91 Å². The van der Waals surface area contributed by atoms with Gasteiger partial charge in [0.15, 0.2) is 5.69 Å². The van der Waals surface area contributed by atoms with Gasteiger partial charge in [0, 0.05) is 23.9 Å². The predicted molar refractivity (Wildman–Crippen MR) is 128 cm³/mol. The number of aryl methyl sites for hydroxylation is 2. The smallest absolute Gasteiger partial charge is 0.276 e. The van der Waals surface area contributed by atoms with Crippen molar-refractivity contribution < 1.29 is 9.59 Å². The number of anilines is 2. The van der Waals surface area contributed by atoms with Crippen molar-refractivity contribution in [2.75, 3.05) is 10.6 Å². The van der Waals surface area contributed by atoms with Crippen molar-refractivity contribution >= 4 is 23.3 Å². The topological polar surface area (TPSA) is 93.8 Å². The highest BCUT2D eigenvalue weighted by Gasteiger charge is 2.17. The van der Waals surface area contributed by atoms with Crippen LogP contribution >= 0.6 is 0 Å². The van der Waals surface area contributed by atoms with Crippen LogP contribution in [0, 0.1) is 13.8 Å². The largest absolute Gasteiger partial charge is 0.321 e. The number of amides is 2. The Morgan fingerprint density at radius 3 is 2.39 bits per heavy atom. The minimum Gasteiger partial charge on any atom is -0.321 e. The fraction of sp³-hybridized carbons (Fsp3) is 0.200. The maximum atomic E-state index is 13.0. The summed E-state index contributed by atoms with van der Waals surface area (Å²) in [5.74, 6) is -0.0766. The molecule has 2 aromatic carbocycles. The highest BCUT2D eigenvalue weighted by atomic mass is 16.2. The van der Waals surface area contributed by atoms with E-state index in [2.05, 4.69) is 20.8 Å². The van der Waals surface area contributed by atoms with Crippen molar-refractivity contribution in [1.82, 2.24) is 19.6 Å². The van der Waals surface area contributed by atoms with Gasteiger partial charge in [0.05, 0.1) is 17.9 Å². The first-order valence-corrected chi connectivity index (χ1v) is 10.8. The van der Waals surface area contributed by atoms with Crippen LogP contribution in [0.5, 0.6) is 0 Å². The van der Waals surface area contributed by atoms with Crippen LogP contribution in [-0.4, -0.2) is 31.4 Å². The molecule has 0 aliphatic carbocycles. The van der Waals surface area contributed by atoms with Gasteiger partial charge in [-0.15, -0.1) is 0 Å². The molecule has 0 spiro atoms. The maximum Gasteiger partial charge on any atom is 0.276 e. The van der Waals surface area contributed by atoms with E-state index in [1.165, 1.54) is 0 Å². The fourth-order valence-electron chi connectivity index (χ4n) is 3.53. The highest BCUT2D eigenvalue weighted by molar-refractivity contribution is 6.04. The molecule has 2 aromatic heterocycles. The number of carbonyl (C=O) groups excluding carboxylic acids is 2. The lowest BCUT2D eigenvalue weighted by Gasteiger charge is -2.08. The van der Waals surface area contributed by atoms with Crippen LogP contribution in [0.15, 0.2) is 66.7 Å². The lowest BCUT2D eigenvalue weighted by molar-refractivity contribution is -0.115. The Labute approximate surface area is 192 Å². The summed E-state index contributed by atoms with van der Waals surface area (Å²) >= 11 is 0. The molecule has 4 rings (SSSR count). The van der Waals surface area contributed by atoms with Gasteiger partial charge in [-0.3, -0.25) is 14.3 Å². The normalized spacial score (nSPS) is 10.8. The Hall–Kier alpha value is -4.20. The third-order valence-corrected chi connectivity index (χ3v) is 5.15. The first-order chi connectivity index (χ1) is 15.9. The summed E-state index contributed by atoms with van der Waals surface area (Å²) in [6.45, 7) is 6.36. The summed E-state index contributed by atoms with van der Waals surface area (Å²) in [6.07, 6.45) is 0.323. The maximum absolute atomic E-state index is 13.0. The number of benzene rings is 2. The van der Waals surface area contributed by atoms with Crippen LogP contribution in [0.3, 0.4) is 0 Å². The summed E-state index contributed by atoms with van der Waals surface area (Å²) in [7, 11) is 0. The van der Waals surface area contributed by atoms with E-state index >= 15 is 0 Å². The zero-order valence-electron chi connectivity index (χ0n) is 18.9. The molecule has 4 aromatic rings. The standard InChI is InChI=1S/C25H26N6O2/c1-4-24(32)27-23-15-22(29-31(23)21-11-6-5-7-12-21)25(33)26-20-10-8-9-19(14-20)16-30-18(3)13-17(2)28-30/h5-15H,4,16H2,1-3H3,(H,26,33)(H,27,32). The molecule has 2 heterocycles. The quantitative estimate of drug-likeness (QED) is 0.445. The molecule has 8 heteroatoms.